The Morgan fingerprint density at radius 3 is 2.75 bits per heavy atom. The monoisotopic (exact) mass is 280 g/mol. The number of hydrogen-bond acceptors (Lipinski definition) is 6. The maximum atomic E-state index is 5.74. The summed E-state index contributed by atoms with van der Waals surface area (Å²) in [7, 11) is 3.96. The van der Waals surface area contributed by atoms with Gasteiger partial charge in [-0.3, -0.25) is 9.80 Å². The summed E-state index contributed by atoms with van der Waals surface area (Å²) in [6.07, 6.45) is 3.65. The summed E-state index contributed by atoms with van der Waals surface area (Å²) < 4.78 is 11.1. The van der Waals surface area contributed by atoms with Crippen molar-refractivity contribution in [1.82, 2.24) is 19.9 Å². The number of methoxy groups -OCH3 is 1. The van der Waals surface area contributed by atoms with Gasteiger partial charge in [0.25, 0.3) is 0 Å². The van der Waals surface area contributed by atoms with E-state index in [1.165, 1.54) is 19.3 Å². The van der Waals surface area contributed by atoms with Gasteiger partial charge in [-0.25, -0.2) is 0 Å². The van der Waals surface area contributed by atoms with Gasteiger partial charge in [-0.1, -0.05) is 5.16 Å². The Labute approximate surface area is 120 Å². The van der Waals surface area contributed by atoms with Crippen molar-refractivity contribution in [2.24, 2.45) is 0 Å². The Kier molecular flexibility index (Phi) is 3.79. The number of likely N-dealkylation sites (N-methyl/N-ethyl adjacent to an activating group) is 1. The van der Waals surface area contributed by atoms with Crippen LogP contribution in [-0.2, 0) is 4.74 Å². The fourth-order valence-electron chi connectivity index (χ4n) is 3.19. The first kappa shape index (κ1) is 14.0. The van der Waals surface area contributed by atoms with Crippen LogP contribution in [0.3, 0.4) is 0 Å². The minimum absolute atomic E-state index is 0.0885. The lowest BCUT2D eigenvalue weighted by Gasteiger charge is -2.46. The Morgan fingerprint density at radius 1 is 1.40 bits per heavy atom. The molecule has 0 amide bonds. The lowest BCUT2D eigenvalue weighted by atomic mass is 9.79. The van der Waals surface area contributed by atoms with Crippen molar-refractivity contribution in [3.8, 4) is 0 Å². The molecule has 1 aromatic heterocycles. The predicted molar refractivity (Wildman–Crippen MR) is 74.4 cm³/mol. The van der Waals surface area contributed by atoms with E-state index in [1.54, 1.807) is 0 Å². The molecule has 112 valence electrons. The Bertz CT molecular complexity index is 452. The highest BCUT2D eigenvalue weighted by Gasteiger charge is 2.40. The van der Waals surface area contributed by atoms with Crippen molar-refractivity contribution < 1.29 is 9.26 Å². The van der Waals surface area contributed by atoms with Crippen LogP contribution in [0.25, 0.3) is 0 Å². The fourth-order valence-corrected chi connectivity index (χ4v) is 3.19. The van der Waals surface area contributed by atoms with Crippen LogP contribution >= 0.6 is 0 Å². The standard InChI is InChI=1S/C14H24N4O2/c1-11-15-13(20-16-11)12-9-18(8-7-17(12)2)10-14(19-3)5-4-6-14/h12H,4-10H2,1-3H3/t12-/m1/s1. The highest BCUT2D eigenvalue weighted by molar-refractivity contribution is 4.99. The molecular weight excluding hydrogens is 256 g/mol. The lowest BCUT2D eigenvalue weighted by Crippen LogP contribution is -2.55. The summed E-state index contributed by atoms with van der Waals surface area (Å²) in [5.74, 6) is 1.44. The first-order valence-corrected chi connectivity index (χ1v) is 7.40. The zero-order valence-electron chi connectivity index (χ0n) is 12.6. The van der Waals surface area contributed by atoms with E-state index in [1.807, 2.05) is 14.0 Å². The SMILES string of the molecule is COC1(CN2CCN(C)[C@@H](c3nc(C)no3)C2)CCC1. The minimum Gasteiger partial charge on any atom is -0.377 e. The van der Waals surface area contributed by atoms with Crippen molar-refractivity contribution in [2.45, 2.75) is 37.8 Å². The molecule has 6 heteroatoms. The minimum atomic E-state index is 0.0885. The van der Waals surface area contributed by atoms with Gasteiger partial charge in [-0.2, -0.15) is 4.98 Å². The number of nitrogens with zero attached hydrogens (tertiary/aromatic N) is 4. The van der Waals surface area contributed by atoms with E-state index < -0.39 is 0 Å². The first-order valence-electron chi connectivity index (χ1n) is 7.40. The molecule has 0 N–H and O–H groups in total. The van der Waals surface area contributed by atoms with Gasteiger partial charge in [0.05, 0.1) is 5.60 Å². The molecule has 2 aliphatic rings. The fraction of sp³-hybridized carbons (Fsp3) is 0.857. The van der Waals surface area contributed by atoms with Crippen molar-refractivity contribution in [3.63, 3.8) is 0 Å². The molecule has 1 aliphatic carbocycles. The van der Waals surface area contributed by atoms with E-state index >= 15 is 0 Å². The van der Waals surface area contributed by atoms with Crippen LogP contribution < -0.4 is 0 Å². The molecule has 0 aromatic carbocycles. The van der Waals surface area contributed by atoms with Gasteiger partial charge in [0.2, 0.25) is 5.89 Å². The average Bonchev–Trinajstić information content (AvgIpc) is 2.82. The highest BCUT2D eigenvalue weighted by Crippen LogP contribution is 2.36. The third-order valence-electron chi connectivity index (χ3n) is 4.77. The van der Waals surface area contributed by atoms with Gasteiger partial charge >= 0.3 is 0 Å². The molecule has 2 heterocycles. The largest absolute Gasteiger partial charge is 0.377 e. The summed E-state index contributed by atoms with van der Waals surface area (Å²) in [6, 6.07) is 0.193. The van der Waals surface area contributed by atoms with E-state index in [-0.39, 0.29) is 11.6 Å². The molecule has 1 aromatic rings. The number of hydrogen-bond donors (Lipinski definition) is 0. The molecule has 0 spiro atoms. The molecule has 0 unspecified atom stereocenters. The van der Waals surface area contributed by atoms with Crippen molar-refractivity contribution >= 4 is 0 Å². The number of ether oxygens (including phenoxy) is 1. The molecule has 20 heavy (non-hydrogen) atoms. The summed E-state index contributed by atoms with van der Waals surface area (Å²) in [6.45, 7) is 5.91. The average molecular weight is 280 g/mol. The van der Waals surface area contributed by atoms with Crippen LogP contribution in [0, 0.1) is 6.92 Å². The second-order valence-corrected chi connectivity index (χ2v) is 6.15. The lowest BCUT2D eigenvalue weighted by molar-refractivity contribution is -0.0999. The van der Waals surface area contributed by atoms with Crippen molar-refractivity contribution in [3.05, 3.63) is 11.7 Å². The Hall–Kier alpha value is -0.980. The third-order valence-corrected chi connectivity index (χ3v) is 4.77. The van der Waals surface area contributed by atoms with Gasteiger partial charge in [0, 0.05) is 33.3 Å². The molecule has 1 saturated carbocycles. The zero-order valence-corrected chi connectivity index (χ0v) is 12.6. The summed E-state index contributed by atoms with van der Waals surface area (Å²) in [5.41, 5.74) is 0.0885. The molecule has 6 nitrogen and oxygen atoms in total. The summed E-state index contributed by atoms with van der Waals surface area (Å²) in [5, 5.41) is 3.91. The van der Waals surface area contributed by atoms with Crippen molar-refractivity contribution in [1.29, 1.82) is 0 Å². The predicted octanol–water partition coefficient (Wildman–Crippen LogP) is 1.24. The third kappa shape index (κ3) is 2.60. The zero-order chi connectivity index (χ0) is 14.2. The molecule has 2 fully saturated rings. The van der Waals surface area contributed by atoms with Gasteiger partial charge in [-0.15, -0.1) is 0 Å². The van der Waals surface area contributed by atoms with Gasteiger partial charge in [0.15, 0.2) is 5.82 Å². The van der Waals surface area contributed by atoms with Crippen LogP contribution in [0.2, 0.25) is 0 Å². The van der Waals surface area contributed by atoms with E-state index in [0.29, 0.717) is 5.82 Å². The Balaban J connectivity index is 1.67. The number of aromatic nitrogens is 2. The molecule has 1 aliphatic heterocycles. The number of aryl methyl sites for hydroxylation is 1. The smallest absolute Gasteiger partial charge is 0.245 e. The topological polar surface area (TPSA) is 54.6 Å². The van der Waals surface area contributed by atoms with Crippen molar-refractivity contribution in [2.75, 3.05) is 40.3 Å². The van der Waals surface area contributed by atoms with Crippen LogP contribution in [-0.4, -0.2) is 65.9 Å². The second kappa shape index (κ2) is 5.42. The normalized spacial score (nSPS) is 27.4. The van der Waals surface area contributed by atoms with E-state index in [0.717, 1.165) is 32.1 Å². The van der Waals surface area contributed by atoms with E-state index in [9.17, 15) is 0 Å². The molecule has 0 bridgehead atoms. The first-order chi connectivity index (χ1) is 9.62. The molecule has 1 atom stereocenters. The van der Waals surface area contributed by atoms with Gasteiger partial charge < -0.3 is 9.26 Å². The molecule has 3 rings (SSSR count). The Morgan fingerprint density at radius 2 is 2.20 bits per heavy atom. The number of piperazine rings is 1. The van der Waals surface area contributed by atoms with Gasteiger partial charge in [0.1, 0.15) is 6.04 Å². The maximum absolute atomic E-state index is 5.74. The van der Waals surface area contributed by atoms with Crippen LogP contribution in [0.15, 0.2) is 4.52 Å². The van der Waals surface area contributed by atoms with E-state index in [2.05, 4.69) is 27.0 Å². The van der Waals surface area contributed by atoms with Crippen LogP contribution in [0.5, 0.6) is 0 Å². The highest BCUT2D eigenvalue weighted by atomic mass is 16.5. The second-order valence-electron chi connectivity index (χ2n) is 6.15. The van der Waals surface area contributed by atoms with E-state index in [4.69, 9.17) is 9.26 Å². The summed E-state index contributed by atoms with van der Waals surface area (Å²) >= 11 is 0. The quantitative estimate of drug-likeness (QED) is 0.827. The maximum Gasteiger partial charge on any atom is 0.245 e. The van der Waals surface area contributed by atoms with Crippen LogP contribution in [0.4, 0.5) is 0 Å². The van der Waals surface area contributed by atoms with Gasteiger partial charge in [-0.05, 0) is 33.2 Å². The molecule has 0 radical (unpaired) electrons. The van der Waals surface area contributed by atoms with Crippen LogP contribution in [0.1, 0.15) is 37.0 Å². The molecular formula is C14H24N4O2. The molecule has 1 saturated heterocycles. The summed E-state index contributed by atoms with van der Waals surface area (Å²) in [4.78, 5) is 9.17. The number of rotatable bonds is 4.